The van der Waals surface area contributed by atoms with Crippen LogP contribution >= 0.6 is 0 Å². The van der Waals surface area contributed by atoms with Gasteiger partial charge in [0, 0.05) is 18.5 Å². The third-order valence-electron chi connectivity index (χ3n) is 5.32. The van der Waals surface area contributed by atoms with E-state index in [0.29, 0.717) is 25.2 Å². The molecular formula is C19H24N4O3. The molecule has 1 aromatic rings. The predicted octanol–water partition coefficient (Wildman–Crippen LogP) is 1.54. The molecule has 0 saturated heterocycles. The Hall–Kier alpha value is -2.62. The number of carbonyl (C=O) groups is 2. The molecule has 3 atom stereocenters. The largest absolute Gasteiger partial charge is 0.394 e. The Morgan fingerprint density at radius 1 is 1.35 bits per heavy atom. The first-order valence-electron chi connectivity index (χ1n) is 9.19. The van der Waals surface area contributed by atoms with Crippen LogP contribution in [0, 0.1) is 23.2 Å². The summed E-state index contributed by atoms with van der Waals surface area (Å²) < 4.78 is 1.36. The van der Waals surface area contributed by atoms with Crippen molar-refractivity contribution in [3.63, 3.8) is 0 Å². The lowest BCUT2D eigenvalue weighted by Crippen LogP contribution is -2.43. The number of rotatable bonds is 7. The normalized spacial score (nSPS) is 21.8. The molecule has 1 heterocycles. The second-order valence-corrected chi connectivity index (χ2v) is 7.35. The van der Waals surface area contributed by atoms with Crippen molar-refractivity contribution >= 4 is 17.4 Å². The van der Waals surface area contributed by atoms with Crippen LogP contribution in [0.5, 0.6) is 0 Å². The van der Waals surface area contributed by atoms with E-state index in [1.165, 1.54) is 10.6 Å². The molecule has 2 aliphatic rings. The fourth-order valence-electron chi connectivity index (χ4n) is 3.62. The van der Waals surface area contributed by atoms with Gasteiger partial charge in [-0.15, -0.1) is 0 Å². The Labute approximate surface area is 152 Å². The lowest BCUT2D eigenvalue weighted by Gasteiger charge is -2.22. The molecule has 138 valence electrons. The van der Waals surface area contributed by atoms with Crippen LogP contribution in [0.15, 0.2) is 23.1 Å². The first-order valence-corrected chi connectivity index (χ1v) is 9.19. The summed E-state index contributed by atoms with van der Waals surface area (Å²) in [5.41, 5.74) is 5.40. The van der Waals surface area contributed by atoms with Gasteiger partial charge in [-0.1, -0.05) is 12.8 Å². The molecule has 2 fully saturated rings. The van der Waals surface area contributed by atoms with Crippen molar-refractivity contribution in [2.24, 2.45) is 11.8 Å². The van der Waals surface area contributed by atoms with E-state index in [-0.39, 0.29) is 23.3 Å². The molecule has 3 rings (SSSR count). The molecule has 2 aliphatic carbocycles. The maximum absolute atomic E-state index is 12.8. The highest BCUT2D eigenvalue weighted by molar-refractivity contribution is 5.83. The Balaban J connectivity index is 1.74. The molecule has 3 unspecified atom stereocenters. The molecule has 1 aromatic heterocycles. The van der Waals surface area contributed by atoms with Crippen LogP contribution in [-0.2, 0) is 9.59 Å². The average molecular weight is 356 g/mol. The van der Waals surface area contributed by atoms with E-state index in [1.807, 2.05) is 0 Å². The molecule has 0 bridgehead atoms. The van der Waals surface area contributed by atoms with Crippen LogP contribution in [0.4, 0.5) is 5.69 Å². The van der Waals surface area contributed by atoms with Gasteiger partial charge in [-0.3, -0.25) is 14.4 Å². The quantitative estimate of drug-likeness (QED) is 0.768. The highest BCUT2D eigenvalue weighted by Crippen LogP contribution is 2.36. The smallest absolute Gasteiger partial charge is 0.274 e. The molecule has 0 aromatic carbocycles. The molecule has 0 aliphatic heterocycles. The van der Waals surface area contributed by atoms with Crippen LogP contribution in [0.3, 0.4) is 0 Å². The monoisotopic (exact) mass is 356 g/mol. The third kappa shape index (κ3) is 4.13. The van der Waals surface area contributed by atoms with E-state index in [9.17, 15) is 19.6 Å². The van der Waals surface area contributed by atoms with Crippen molar-refractivity contribution in [1.82, 2.24) is 9.88 Å². The molecule has 1 amide bonds. The number of hydrogen-bond donors (Lipinski definition) is 2. The van der Waals surface area contributed by atoms with Crippen molar-refractivity contribution in [3.8, 4) is 6.07 Å². The van der Waals surface area contributed by atoms with E-state index >= 15 is 0 Å². The Kier molecular flexibility index (Phi) is 5.40. The molecule has 0 spiro atoms. The first kappa shape index (κ1) is 18.2. The number of carbonyl (C=O) groups excluding carboxylic acids is 2. The minimum atomic E-state index is -0.729. The Bertz CT molecular complexity index is 791. The first-order chi connectivity index (χ1) is 12.5. The Morgan fingerprint density at radius 3 is 2.73 bits per heavy atom. The summed E-state index contributed by atoms with van der Waals surface area (Å²) in [6.07, 6.45) is 6.70. The third-order valence-corrected chi connectivity index (χ3v) is 5.32. The molecule has 3 N–H and O–H groups in total. The topological polar surface area (TPSA) is 118 Å². The zero-order chi connectivity index (χ0) is 18.7. The minimum absolute atomic E-state index is 0.0921. The fourth-order valence-corrected chi connectivity index (χ4v) is 3.62. The predicted molar refractivity (Wildman–Crippen MR) is 96.0 cm³/mol. The Morgan fingerprint density at radius 2 is 2.12 bits per heavy atom. The second kappa shape index (κ2) is 7.73. The van der Waals surface area contributed by atoms with Crippen LogP contribution in [-0.4, -0.2) is 22.3 Å². The molecule has 7 nitrogen and oxygen atoms in total. The van der Waals surface area contributed by atoms with Gasteiger partial charge in [0.15, 0.2) is 0 Å². The maximum Gasteiger partial charge on any atom is 0.274 e. The summed E-state index contributed by atoms with van der Waals surface area (Å²) in [7, 11) is 0. The van der Waals surface area contributed by atoms with Crippen molar-refractivity contribution in [3.05, 3.63) is 28.7 Å². The van der Waals surface area contributed by atoms with Gasteiger partial charge in [-0.25, -0.2) is 0 Å². The SMILES string of the molecule is N#CC(CC1CCCC1=O)NC(=O)C(CC1CC1)n1cccc(N)c1=O. The van der Waals surface area contributed by atoms with Crippen LogP contribution in [0.25, 0.3) is 0 Å². The summed E-state index contributed by atoms with van der Waals surface area (Å²) in [6, 6.07) is 3.82. The zero-order valence-electron chi connectivity index (χ0n) is 14.7. The van der Waals surface area contributed by atoms with Gasteiger partial charge in [-0.05, 0) is 43.7 Å². The van der Waals surface area contributed by atoms with Gasteiger partial charge in [-0.2, -0.15) is 5.26 Å². The number of Topliss-reactive ketones (excluding diaryl/α,β-unsaturated/α-hetero) is 1. The number of nitrogen functional groups attached to an aromatic ring is 1. The van der Waals surface area contributed by atoms with E-state index in [2.05, 4.69) is 11.4 Å². The number of amides is 1. The summed E-state index contributed by atoms with van der Waals surface area (Å²) in [5, 5.41) is 12.1. The lowest BCUT2D eigenvalue weighted by atomic mass is 9.97. The van der Waals surface area contributed by atoms with Gasteiger partial charge in [0.2, 0.25) is 5.91 Å². The molecular weight excluding hydrogens is 332 g/mol. The minimum Gasteiger partial charge on any atom is -0.394 e. The van der Waals surface area contributed by atoms with Gasteiger partial charge in [0.1, 0.15) is 17.9 Å². The highest BCUT2D eigenvalue weighted by Gasteiger charge is 2.33. The number of hydrogen-bond acceptors (Lipinski definition) is 5. The number of nitrogens with one attached hydrogen (secondary N) is 1. The van der Waals surface area contributed by atoms with Crippen LogP contribution < -0.4 is 16.6 Å². The van der Waals surface area contributed by atoms with E-state index in [0.717, 1.165) is 25.7 Å². The summed E-state index contributed by atoms with van der Waals surface area (Å²) in [6.45, 7) is 0. The zero-order valence-corrected chi connectivity index (χ0v) is 14.7. The summed E-state index contributed by atoms with van der Waals surface area (Å²) in [4.78, 5) is 37.0. The summed E-state index contributed by atoms with van der Waals surface area (Å²) >= 11 is 0. The van der Waals surface area contributed by atoms with Crippen LogP contribution in [0.2, 0.25) is 0 Å². The highest BCUT2D eigenvalue weighted by atomic mass is 16.2. The maximum atomic E-state index is 12.8. The van der Waals surface area contributed by atoms with E-state index < -0.39 is 17.6 Å². The number of nitrogens with two attached hydrogens (primary N) is 1. The van der Waals surface area contributed by atoms with Gasteiger partial charge < -0.3 is 15.6 Å². The summed E-state index contributed by atoms with van der Waals surface area (Å²) in [5.74, 6) is 0.0654. The number of pyridine rings is 1. The van der Waals surface area contributed by atoms with E-state index in [1.54, 1.807) is 12.3 Å². The van der Waals surface area contributed by atoms with Crippen LogP contribution in [0.1, 0.15) is 51.0 Å². The second-order valence-electron chi connectivity index (χ2n) is 7.35. The van der Waals surface area contributed by atoms with Crippen molar-refractivity contribution < 1.29 is 9.59 Å². The number of anilines is 1. The average Bonchev–Trinajstić information content (AvgIpc) is 3.36. The molecule has 26 heavy (non-hydrogen) atoms. The fraction of sp³-hybridized carbons (Fsp3) is 0.579. The van der Waals surface area contributed by atoms with Crippen molar-refractivity contribution in [2.75, 3.05) is 5.73 Å². The van der Waals surface area contributed by atoms with Crippen molar-refractivity contribution in [1.29, 1.82) is 5.26 Å². The van der Waals surface area contributed by atoms with Gasteiger partial charge >= 0.3 is 0 Å². The lowest BCUT2D eigenvalue weighted by molar-refractivity contribution is -0.126. The van der Waals surface area contributed by atoms with Gasteiger partial charge in [0.05, 0.1) is 11.8 Å². The van der Waals surface area contributed by atoms with E-state index in [4.69, 9.17) is 5.73 Å². The van der Waals surface area contributed by atoms with Gasteiger partial charge in [0.25, 0.3) is 5.56 Å². The number of aromatic nitrogens is 1. The molecule has 0 radical (unpaired) electrons. The standard InChI is InChI=1S/C19H24N4O3/c20-11-14(10-13-3-1-5-17(13)24)22-18(25)16(9-12-6-7-12)23-8-2-4-15(21)19(23)26/h2,4,8,12-14,16H,1,3,5-7,9-10,21H2,(H,22,25). The number of ketones is 1. The van der Waals surface area contributed by atoms with Crippen molar-refractivity contribution in [2.45, 2.75) is 57.0 Å². The number of nitrogens with zero attached hydrogens (tertiary/aromatic N) is 2. The molecule has 2 saturated carbocycles. The number of nitriles is 1. The molecule has 7 heteroatoms.